The quantitative estimate of drug-likeness (QED) is 0.549. The number of rotatable bonds is 3. The van der Waals surface area contributed by atoms with Crippen LogP contribution in [0.5, 0.6) is 0 Å². The first kappa shape index (κ1) is 15.7. The van der Waals surface area contributed by atoms with Crippen LogP contribution in [-0.2, 0) is 0 Å². The van der Waals surface area contributed by atoms with E-state index >= 15 is 0 Å². The second-order valence-corrected chi connectivity index (χ2v) is 6.54. The maximum Gasteiger partial charge on any atom is 0.294 e. The minimum Gasteiger partial charge on any atom is -0.266 e. The van der Waals surface area contributed by atoms with Crippen molar-refractivity contribution in [2.45, 2.75) is 0 Å². The molecule has 0 N–H and O–H groups in total. The lowest BCUT2D eigenvalue weighted by Crippen LogP contribution is -2.16. The maximum absolute atomic E-state index is 12.5. The van der Waals surface area contributed by atoms with Crippen LogP contribution in [0, 0.1) is 0 Å². The van der Waals surface area contributed by atoms with E-state index in [-0.39, 0.29) is 10.6 Å². The van der Waals surface area contributed by atoms with Crippen LogP contribution < -0.4 is 5.56 Å². The third kappa shape index (κ3) is 3.09. The molecule has 1 aromatic carbocycles. The van der Waals surface area contributed by atoms with Gasteiger partial charge in [0.25, 0.3) is 5.56 Å². The highest BCUT2D eigenvalue weighted by atomic mass is 35.5. The molecule has 25 heavy (non-hydrogen) atoms. The lowest BCUT2D eigenvalue weighted by atomic mass is 10.2. The SMILES string of the molecule is O=c1c(Cl)c(C=Cc2cccnc2)nc2sc(-c3ccccc3)nn12. The van der Waals surface area contributed by atoms with Crippen LogP contribution in [0.1, 0.15) is 11.3 Å². The van der Waals surface area contributed by atoms with E-state index in [4.69, 9.17) is 11.6 Å². The number of halogens is 1. The second kappa shape index (κ2) is 6.58. The Morgan fingerprint density at radius 3 is 2.68 bits per heavy atom. The van der Waals surface area contributed by atoms with Crippen LogP contribution in [-0.4, -0.2) is 19.6 Å². The lowest BCUT2D eigenvalue weighted by Gasteiger charge is -1.97. The second-order valence-electron chi connectivity index (χ2n) is 5.20. The first-order valence-corrected chi connectivity index (χ1v) is 8.65. The molecular weight excluding hydrogens is 356 g/mol. The molecular formula is C18H11ClN4OS. The van der Waals surface area contributed by atoms with E-state index < -0.39 is 0 Å². The summed E-state index contributed by atoms with van der Waals surface area (Å²) in [5.41, 5.74) is 1.87. The molecule has 4 rings (SSSR count). The highest BCUT2D eigenvalue weighted by Gasteiger charge is 2.14. The summed E-state index contributed by atoms with van der Waals surface area (Å²) >= 11 is 7.54. The summed E-state index contributed by atoms with van der Waals surface area (Å²) in [5.74, 6) is 0. The third-order valence-electron chi connectivity index (χ3n) is 3.52. The molecule has 0 spiro atoms. The Bertz CT molecular complexity index is 1120. The number of hydrogen-bond acceptors (Lipinski definition) is 5. The van der Waals surface area contributed by atoms with Crippen molar-refractivity contribution in [1.82, 2.24) is 19.6 Å². The van der Waals surface area contributed by atoms with Crippen molar-refractivity contribution in [2.75, 3.05) is 0 Å². The van der Waals surface area contributed by atoms with Gasteiger partial charge in [-0.15, -0.1) is 0 Å². The molecule has 0 radical (unpaired) electrons. The average Bonchev–Trinajstić information content (AvgIpc) is 3.09. The summed E-state index contributed by atoms with van der Waals surface area (Å²) in [6.07, 6.45) is 6.94. The minimum atomic E-state index is -0.379. The Hall–Kier alpha value is -2.83. The minimum absolute atomic E-state index is 0.0440. The Balaban J connectivity index is 1.81. The summed E-state index contributed by atoms with van der Waals surface area (Å²) in [4.78, 5) is 21.5. The van der Waals surface area contributed by atoms with Gasteiger partial charge in [0.05, 0.1) is 5.69 Å². The predicted octanol–water partition coefficient (Wildman–Crippen LogP) is 4.04. The normalized spacial score (nSPS) is 11.4. The van der Waals surface area contributed by atoms with Crippen LogP contribution in [0.15, 0.2) is 59.7 Å². The molecule has 0 saturated heterocycles. The number of benzene rings is 1. The van der Waals surface area contributed by atoms with Crippen molar-refractivity contribution in [3.63, 3.8) is 0 Å². The van der Waals surface area contributed by atoms with E-state index in [1.807, 2.05) is 48.5 Å². The van der Waals surface area contributed by atoms with E-state index in [0.29, 0.717) is 10.7 Å². The lowest BCUT2D eigenvalue weighted by molar-refractivity contribution is 0.901. The molecule has 0 aliphatic carbocycles. The monoisotopic (exact) mass is 366 g/mol. The molecule has 0 atom stereocenters. The molecule has 0 bridgehead atoms. The molecule has 3 heterocycles. The zero-order valence-corrected chi connectivity index (χ0v) is 14.4. The van der Waals surface area contributed by atoms with Gasteiger partial charge in [-0.3, -0.25) is 9.78 Å². The molecule has 3 aromatic heterocycles. The summed E-state index contributed by atoms with van der Waals surface area (Å²) in [5, 5.41) is 5.11. The van der Waals surface area contributed by atoms with Crippen LogP contribution in [0.2, 0.25) is 5.02 Å². The fraction of sp³-hybridized carbons (Fsp3) is 0. The van der Waals surface area contributed by atoms with E-state index in [1.165, 1.54) is 15.9 Å². The van der Waals surface area contributed by atoms with Gasteiger partial charge in [-0.05, 0) is 17.7 Å². The van der Waals surface area contributed by atoms with Crippen LogP contribution in [0.3, 0.4) is 0 Å². The fourth-order valence-electron chi connectivity index (χ4n) is 2.30. The molecule has 0 fully saturated rings. The molecule has 0 aliphatic heterocycles. The summed E-state index contributed by atoms with van der Waals surface area (Å²) in [6, 6.07) is 13.4. The average molecular weight is 367 g/mol. The van der Waals surface area contributed by atoms with Gasteiger partial charge >= 0.3 is 0 Å². The molecule has 5 nitrogen and oxygen atoms in total. The fourth-order valence-corrected chi connectivity index (χ4v) is 3.39. The Morgan fingerprint density at radius 1 is 1.08 bits per heavy atom. The molecule has 4 aromatic rings. The van der Waals surface area contributed by atoms with Gasteiger partial charge in [0.2, 0.25) is 4.96 Å². The predicted molar refractivity (Wildman–Crippen MR) is 101 cm³/mol. The van der Waals surface area contributed by atoms with Crippen molar-refractivity contribution >= 4 is 40.1 Å². The first-order chi connectivity index (χ1) is 12.2. The van der Waals surface area contributed by atoms with E-state index in [2.05, 4.69) is 15.1 Å². The first-order valence-electron chi connectivity index (χ1n) is 7.45. The van der Waals surface area contributed by atoms with Gasteiger partial charge in [0.15, 0.2) is 0 Å². The van der Waals surface area contributed by atoms with Gasteiger partial charge in [0.1, 0.15) is 10.0 Å². The highest BCUT2D eigenvalue weighted by molar-refractivity contribution is 7.19. The topological polar surface area (TPSA) is 60.2 Å². The van der Waals surface area contributed by atoms with Crippen molar-refractivity contribution in [2.24, 2.45) is 0 Å². The molecule has 7 heteroatoms. The summed E-state index contributed by atoms with van der Waals surface area (Å²) in [6.45, 7) is 0. The highest BCUT2D eigenvalue weighted by Crippen LogP contribution is 2.25. The largest absolute Gasteiger partial charge is 0.294 e. The Kier molecular flexibility index (Phi) is 4.13. The molecule has 0 unspecified atom stereocenters. The van der Waals surface area contributed by atoms with Crippen molar-refractivity contribution in [3.05, 3.63) is 81.5 Å². The Morgan fingerprint density at radius 2 is 1.92 bits per heavy atom. The van der Waals surface area contributed by atoms with Gasteiger partial charge < -0.3 is 0 Å². The summed E-state index contributed by atoms with van der Waals surface area (Å²) < 4.78 is 1.25. The van der Waals surface area contributed by atoms with Crippen molar-refractivity contribution < 1.29 is 0 Å². The zero-order valence-electron chi connectivity index (χ0n) is 12.8. The van der Waals surface area contributed by atoms with E-state index in [0.717, 1.165) is 16.1 Å². The Labute approximate surface area is 151 Å². The molecule has 122 valence electrons. The van der Waals surface area contributed by atoms with Gasteiger partial charge in [-0.25, -0.2) is 4.98 Å². The zero-order chi connectivity index (χ0) is 17.2. The molecule has 0 saturated carbocycles. The van der Waals surface area contributed by atoms with Crippen molar-refractivity contribution in [1.29, 1.82) is 0 Å². The number of pyridine rings is 1. The van der Waals surface area contributed by atoms with Crippen LogP contribution in [0.25, 0.3) is 27.7 Å². The van der Waals surface area contributed by atoms with Gasteiger partial charge in [0, 0.05) is 18.0 Å². The standard InChI is InChI=1S/C18H11ClN4OS/c19-15-14(9-8-12-5-4-10-20-11-12)21-18-23(17(15)24)22-16(25-18)13-6-2-1-3-7-13/h1-11H. The summed E-state index contributed by atoms with van der Waals surface area (Å²) in [7, 11) is 0. The maximum atomic E-state index is 12.5. The molecule has 0 amide bonds. The van der Waals surface area contributed by atoms with Gasteiger partial charge in [-0.1, -0.05) is 65.4 Å². The third-order valence-corrected chi connectivity index (χ3v) is 4.83. The smallest absolute Gasteiger partial charge is 0.266 e. The van der Waals surface area contributed by atoms with Crippen LogP contribution in [0.4, 0.5) is 0 Å². The van der Waals surface area contributed by atoms with Crippen molar-refractivity contribution in [3.8, 4) is 10.6 Å². The van der Waals surface area contributed by atoms with E-state index in [9.17, 15) is 4.79 Å². The van der Waals surface area contributed by atoms with Crippen LogP contribution >= 0.6 is 22.9 Å². The van der Waals surface area contributed by atoms with E-state index in [1.54, 1.807) is 18.5 Å². The number of nitrogens with zero attached hydrogens (tertiary/aromatic N) is 4. The number of aromatic nitrogens is 4. The number of fused-ring (bicyclic) bond motifs is 1. The number of hydrogen-bond donors (Lipinski definition) is 0. The van der Waals surface area contributed by atoms with Gasteiger partial charge in [-0.2, -0.15) is 9.61 Å². The molecule has 0 aliphatic rings.